The molecule has 0 bridgehead atoms. The van der Waals surface area contributed by atoms with Crippen molar-refractivity contribution in [1.29, 1.82) is 0 Å². The van der Waals surface area contributed by atoms with Crippen molar-refractivity contribution >= 4 is 11.9 Å². The summed E-state index contributed by atoms with van der Waals surface area (Å²) < 4.78 is 34.1. The molecule has 1 amide bonds. The molecule has 1 rings (SSSR count). The van der Waals surface area contributed by atoms with E-state index >= 15 is 0 Å². The number of ether oxygens (including phenoxy) is 1. The molecule has 0 saturated heterocycles. The van der Waals surface area contributed by atoms with Gasteiger partial charge in [-0.25, -0.2) is 4.79 Å². The maximum Gasteiger partial charge on any atom is 0.353 e. The number of carbonyl (C=O) groups excluding carboxylic acids is 1. The van der Waals surface area contributed by atoms with Crippen LogP contribution in [-0.2, 0) is 15.5 Å². The van der Waals surface area contributed by atoms with Crippen LogP contribution in [0.25, 0.3) is 0 Å². The fraction of sp³-hybridized carbons (Fsp3) is 0.500. The Morgan fingerprint density at radius 3 is 2.39 bits per heavy atom. The molecule has 2 N–H and O–H groups in total. The Hall–Kier alpha value is -2.18. The minimum atomic E-state index is -3.91. The minimum absolute atomic E-state index is 0.0389. The van der Waals surface area contributed by atoms with Gasteiger partial charge in [-0.1, -0.05) is 25.5 Å². The zero-order chi connectivity index (χ0) is 17.7. The molecule has 0 saturated carbocycles. The molecule has 0 aliphatic rings. The van der Waals surface area contributed by atoms with E-state index in [9.17, 15) is 23.5 Å². The van der Waals surface area contributed by atoms with Crippen LogP contribution in [0.2, 0.25) is 0 Å². The van der Waals surface area contributed by atoms with Crippen molar-refractivity contribution in [3.63, 3.8) is 0 Å². The Morgan fingerprint density at radius 2 is 1.87 bits per heavy atom. The Bertz CT molecular complexity index is 577. The summed E-state index contributed by atoms with van der Waals surface area (Å²) >= 11 is 0. The van der Waals surface area contributed by atoms with Gasteiger partial charge in [0.05, 0.1) is 12.2 Å². The number of halogens is 2. The summed E-state index contributed by atoms with van der Waals surface area (Å²) in [6.07, 6.45) is 0.460. The monoisotopic (exact) mass is 329 g/mol. The van der Waals surface area contributed by atoms with Gasteiger partial charge in [0.1, 0.15) is 11.3 Å². The first-order valence-corrected chi connectivity index (χ1v) is 7.35. The van der Waals surface area contributed by atoms with E-state index in [4.69, 9.17) is 4.74 Å². The van der Waals surface area contributed by atoms with Crippen LogP contribution in [0.15, 0.2) is 24.3 Å². The number of hydrogen-bond donors (Lipinski definition) is 2. The molecule has 1 atom stereocenters. The molecule has 128 valence electrons. The number of para-hydroxylation sites is 1. The van der Waals surface area contributed by atoms with Gasteiger partial charge in [0.15, 0.2) is 0 Å². The molecule has 1 unspecified atom stereocenters. The minimum Gasteiger partial charge on any atom is -0.493 e. The van der Waals surface area contributed by atoms with Crippen molar-refractivity contribution in [2.75, 3.05) is 6.61 Å². The summed E-state index contributed by atoms with van der Waals surface area (Å²) in [4.78, 5) is 23.3. The molecule has 1 aromatic rings. The number of carbonyl (C=O) groups is 2. The number of rotatable bonds is 8. The van der Waals surface area contributed by atoms with Gasteiger partial charge < -0.3 is 15.2 Å². The van der Waals surface area contributed by atoms with Gasteiger partial charge in [-0.2, -0.15) is 8.78 Å². The zero-order valence-electron chi connectivity index (χ0n) is 13.4. The van der Waals surface area contributed by atoms with Crippen LogP contribution in [0, 0.1) is 0 Å². The first-order valence-electron chi connectivity index (χ1n) is 7.35. The standard InChI is InChI=1S/C16H21F2NO4/c1-4-10-15(3,14(21)22)19-13(20)16(17,18)11-8-6-7-9-12(11)23-5-2/h6-9H,4-5,10H2,1-3H3,(H,19,20)(H,21,22). The summed E-state index contributed by atoms with van der Waals surface area (Å²) in [5, 5.41) is 11.2. The second-order valence-corrected chi connectivity index (χ2v) is 5.34. The van der Waals surface area contributed by atoms with E-state index in [0.29, 0.717) is 6.42 Å². The molecule has 0 heterocycles. The van der Waals surface area contributed by atoms with E-state index in [-0.39, 0.29) is 18.8 Å². The van der Waals surface area contributed by atoms with Crippen LogP contribution in [0.3, 0.4) is 0 Å². The van der Waals surface area contributed by atoms with E-state index < -0.39 is 28.9 Å². The molecular formula is C16H21F2NO4. The van der Waals surface area contributed by atoms with E-state index in [1.54, 1.807) is 13.8 Å². The van der Waals surface area contributed by atoms with Gasteiger partial charge in [-0.3, -0.25) is 4.79 Å². The third kappa shape index (κ3) is 4.18. The molecule has 0 aromatic heterocycles. The molecular weight excluding hydrogens is 308 g/mol. The molecule has 0 radical (unpaired) electrons. The molecule has 1 aromatic carbocycles. The van der Waals surface area contributed by atoms with Gasteiger partial charge in [0.2, 0.25) is 0 Å². The van der Waals surface area contributed by atoms with E-state index in [1.165, 1.54) is 25.1 Å². The molecule has 7 heteroatoms. The highest BCUT2D eigenvalue weighted by Gasteiger charge is 2.47. The van der Waals surface area contributed by atoms with Crippen molar-refractivity contribution in [1.82, 2.24) is 5.32 Å². The third-order valence-electron chi connectivity index (χ3n) is 3.42. The number of nitrogens with one attached hydrogen (secondary N) is 1. The first kappa shape index (κ1) is 18.9. The second kappa shape index (κ2) is 7.39. The zero-order valence-corrected chi connectivity index (χ0v) is 13.4. The molecule has 0 fully saturated rings. The van der Waals surface area contributed by atoms with Crippen molar-refractivity contribution in [2.24, 2.45) is 0 Å². The number of amides is 1. The average Bonchev–Trinajstić information content (AvgIpc) is 2.48. The number of hydrogen-bond acceptors (Lipinski definition) is 3. The summed E-state index contributed by atoms with van der Waals surface area (Å²) in [5.41, 5.74) is -2.35. The predicted octanol–water partition coefficient (Wildman–Crippen LogP) is 2.94. The Kier molecular flexibility index (Phi) is 6.06. The molecule has 0 aliphatic carbocycles. The fourth-order valence-corrected chi connectivity index (χ4v) is 2.18. The van der Waals surface area contributed by atoms with Crippen molar-refractivity contribution in [3.8, 4) is 5.75 Å². The van der Waals surface area contributed by atoms with Gasteiger partial charge >= 0.3 is 11.9 Å². The van der Waals surface area contributed by atoms with Gasteiger partial charge in [0.25, 0.3) is 5.91 Å². The Balaban J connectivity index is 3.12. The third-order valence-corrected chi connectivity index (χ3v) is 3.42. The van der Waals surface area contributed by atoms with Crippen LogP contribution in [0.1, 0.15) is 39.2 Å². The lowest BCUT2D eigenvalue weighted by Gasteiger charge is -2.28. The summed E-state index contributed by atoms with van der Waals surface area (Å²) in [6.45, 7) is 4.71. The normalized spacial score (nSPS) is 14.0. The number of benzene rings is 1. The lowest BCUT2D eigenvalue weighted by Crippen LogP contribution is -2.55. The molecule has 23 heavy (non-hydrogen) atoms. The maximum atomic E-state index is 14.5. The smallest absolute Gasteiger partial charge is 0.353 e. The van der Waals surface area contributed by atoms with Crippen molar-refractivity contribution in [3.05, 3.63) is 29.8 Å². The Morgan fingerprint density at radius 1 is 1.26 bits per heavy atom. The maximum absolute atomic E-state index is 14.5. The van der Waals surface area contributed by atoms with Crippen LogP contribution in [0.4, 0.5) is 8.78 Å². The fourth-order valence-electron chi connectivity index (χ4n) is 2.18. The van der Waals surface area contributed by atoms with E-state index in [1.807, 2.05) is 5.32 Å². The first-order chi connectivity index (χ1) is 10.7. The number of carboxylic acid groups (broad SMARTS) is 1. The van der Waals surface area contributed by atoms with E-state index in [2.05, 4.69) is 0 Å². The highest BCUT2D eigenvalue weighted by molar-refractivity contribution is 5.91. The highest BCUT2D eigenvalue weighted by Crippen LogP contribution is 2.35. The van der Waals surface area contributed by atoms with Crippen LogP contribution in [0.5, 0.6) is 5.75 Å². The lowest BCUT2D eigenvalue weighted by molar-refractivity contribution is -0.156. The Labute approximate surface area is 133 Å². The van der Waals surface area contributed by atoms with Crippen molar-refractivity contribution < 1.29 is 28.2 Å². The van der Waals surface area contributed by atoms with Gasteiger partial charge in [-0.15, -0.1) is 0 Å². The SMILES string of the molecule is CCCC(C)(NC(=O)C(F)(F)c1ccccc1OCC)C(=O)O. The summed E-state index contributed by atoms with van der Waals surface area (Å²) in [5.74, 6) is -7.04. The van der Waals surface area contributed by atoms with Crippen LogP contribution < -0.4 is 10.1 Å². The number of aliphatic carboxylic acids is 1. The highest BCUT2D eigenvalue weighted by atomic mass is 19.3. The molecule has 5 nitrogen and oxygen atoms in total. The molecule has 0 aliphatic heterocycles. The van der Waals surface area contributed by atoms with E-state index in [0.717, 1.165) is 6.07 Å². The lowest BCUT2D eigenvalue weighted by atomic mass is 9.95. The summed E-state index contributed by atoms with van der Waals surface area (Å²) in [7, 11) is 0. The largest absolute Gasteiger partial charge is 0.493 e. The van der Waals surface area contributed by atoms with Crippen LogP contribution in [-0.4, -0.2) is 29.1 Å². The molecule has 0 spiro atoms. The van der Waals surface area contributed by atoms with Gasteiger partial charge in [-0.05, 0) is 32.4 Å². The van der Waals surface area contributed by atoms with Crippen molar-refractivity contribution in [2.45, 2.75) is 45.1 Å². The number of alkyl halides is 2. The second-order valence-electron chi connectivity index (χ2n) is 5.34. The van der Waals surface area contributed by atoms with Gasteiger partial charge in [0, 0.05) is 0 Å². The predicted molar refractivity (Wildman–Crippen MR) is 80.6 cm³/mol. The quantitative estimate of drug-likeness (QED) is 0.769. The topological polar surface area (TPSA) is 75.6 Å². The summed E-state index contributed by atoms with van der Waals surface area (Å²) in [6, 6.07) is 5.30. The van der Waals surface area contributed by atoms with Crippen LogP contribution >= 0.6 is 0 Å². The average molecular weight is 329 g/mol. The number of carboxylic acids is 1.